The Morgan fingerprint density at radius 3 is 2.18 bits per heavy atom. The van der Waals surface area contributed by atoms with Crippen LogP contribution in [0.15, 0.2) is 30.3 Å². The van der Waals surface area contributed by atoms with Crippen LogP contribution in [0.4, 0.5) is 0 Å². The zero-order valence-corrected chi connectivity index (χ0v) is 7.61. The van der Waals surface area contributed by atoms with Crippen LogP contribution in [0.1, 0.15) is 19.4 Å². The van der Waals surface area contributed by atoms with Crippen LogP contribution in [0, 0.1) is 0 Å². The predicted molar refractivity (Wildman–Crippen MR) is 52.1 cm³/mol. The molecule has 0 aromatic heterocycles. The zero-order chi connectivity index (χ0) is 8.32. The van der Waals surface area contributed by atoms with Gasteiger partial charge in [-0.3, -0.25) is 0 Å². The normalized spacial score (nSPS) is 11.1. The summed E-state index contributed by atoms with van der Waals surface area (Å²) in [6, 6.07) is 10.2. The van der Waals surface area contributed by atoms with Gasteiger partial charge < -0.3 is 0 Å². The minimum Gasteiger partial charge on any atom is -0.0827 e. The van der Waals surface area contributed by atoms with Crippen LogP contribution < -0.4 is 0 Å². The maximum Gasteiger partial charge on any atom is 0.0400 e. The summed E-state index contributed by atoms with van der Waals surface area (Å²) in [6.07, 6.45) is 0. The fourth-order valence-electron chi connectivity index (χ4n) is 0.914. The largest absolute Gasteiger partial charge is 0.0827 e. The number of hydrogen-bond donors (Lipinski definition) is 0. The van der Waals surface area contributed by atoms with Gasteiger partial charge in [-0.2, -0.15) is 0 Å². The Labute approximate surface area is 73.2 Å². The van der Waals surface area contributed by atoms with E-state index in [1.54, 1.807) is 0 Å². The molecule has 0 aliphatic rings. The Balaban J connectivity index is 3.02. The second-order valence-electron chi connectivity index (χ2n) is 3.09. The highest BCUT2D eigenvalue weighted by Gasteiger charge is 2.16. The van der Waals surface area contributed by atoms with Gasteiger partial charge in [0.05, 0.1) is 0 Å². The standard InChI is InChI=1S/C10H11S/c1-10(2,8-11)9-6-4-3-5-7-9/h3-7H,1-2H3. The lowest BCUT2D eigenvalue weighted by Gasteiger charge is -2.17. The molecule has 0 N–H and O–H groups in total. The van der Waals surface area contributed by atoms with Crippen LogP contribution in [0.3, 0.4) is 0 Å². The molecule has 0 amide bonds. The molecule has 1 aromatic carbocycles. The molecular weight excluding hydrogens is 152 g/mol. The molecule has 57 valence electrons. The van der Waals surface area contributed by atoms with Crippen molar-refractivity contribution in [1.29, 1.82) is 0 Å². The van der Waals surface area contributed by atoms with E-state index in [0.717, 1.165) is 0 Å². The van der Waals surface area contributed by atoms with Gasteiger partial charge in [0.2, 0.25) is 0 Å². The summed E-state index contributed by atoms with van der Waals surface area (Å²) < 4.78 is 0. The van der Waals surface area contributed by atoms with Crippen LogP contribution in [0.2, 0.25) is 0 Å². The van der Waals surface area contributed by atoms with Crippen molar-refractivity contribution in [2.45, 2.75) is 19.3 Å². The Hall–Kier alpha value is -0.690. The van der Waals surface area contributed by atoms with Gasteiger partial charge in [0.1, 0.15) is 0 Å². The summed E-state index contributed by atoms with van der Waals surface area (Å²) in [5, 5.41) is 2.84. The molecule has 0 saturated carbocycles. The quantitative estimate of drug-likeness (QED) is 0.604. The molecule has 0 aliphatic carbocycles. The molecule has 0 atom stereocenters. The van der Waals surface area contributed by atoms with E-state index >= 15 is 0 Å². The third-order valence-electron chi connectivity index (χ3n) is 1.75. The van der Waals surface area contributed by atoms with Crippen LogP contribution in [0.25, 0.3) is 0 Å². The highest BCUT2D eigenvalue weighted by Crippen LogP contribution is 2.19. The Bertz CT molecular complexity index is 236. The second kappa shape index (κ2) is 3.14. The summed E-state index contributed by atoms with van der Waals surface area (Å²) in [4.78, 5) is 0. The average Bonchev–Trinajstić information content (AvgIpc) is 2.06. The van der Waals surface area contributed by atoms with Crippen LogP contribution in [-0.2, 0) is 5.41 Å². The van der Waals surface area contributed by atoms with Crippen molar-refractivity contribution >= 4 is 17.6 Å². The first-order chi connectivity index (χ1) is 5.17. The average molecular weight is 163 g/mol. The van der Waals surface area contributed by atoms with Crippen molar-refractivity contribution in [2.24, 2.45) is 0 Å². The Kier molecular flexibility index (Phi) is 2.40. The SMILES string of the molecule is CC(C)([C]=S)c1ccccc1. The van der Waals surface area contributed by atoms with E-state index in [1.807, 2.05) is 18.2 Å². The summed E-state index contributed by atoms with van der Waals surface area (Å²) in [5.74, 6) is 0. The third-order valence-corrected chi connectivity index (χ3v) is 2.26. The van der Waals surface area contributed by atoms with Gasteiger partial charge in [0.15, 0.2) is 0 Å². The lowest BCUT2D eigenvalue weighted by atomic mass is 9.87. The molecular formula is C10H11S. The van der Waals surface area contributed by atoms with E-state index in [0.29, 0.717) is 0 Å². The molecule has 0 unspecified atom stereocenters. The van der Waals surface area contributed by atoms with Crippen molar-refractivity contribution in [1.82, 2.24) is 0 Å². The summed E-state index contributed by atoms with van der Waals surface area (Å²) in [7, 11) is 0. The van der Waals surface area contributed by atoms with E-state index in [9.17, 15) is 0 Å². The highest BCUT2D eigenvalue weighted by molar-refractivity contribution is 7.79. The van der Waals surface area contributed by atoms with Crippen molar-refractivity contribution < 1.29 is 0 Å². The fourth-order valence-corrected chi connectivity index (χ4v) is 1.03. The van der Waals surface area contributed by atoms with Crippen molar-refractivity contribution in [3.63, 3.8) is 0 Å². The Morgan fingerprint density at radius 2 is 1.73 bits per heavy atom. The van der Waals surface area contributed by atoms with E-state index in [-0.39, 0.29) is 5.41 Å². The second-order valence-corrected chi connectivity index (χ2v) is 3.30. The fraction of sp³-hybridized carbons (Fsp3) is 0.300. The predicted octanol–water partition coefficient (Wildman–Crippen LogP) is 2.84. The molecule has 1 aromatic rings. The molecule has 0 spiro atoms. The number of benzene rings is 1. The van der Waals surface area contributed by atoms with Gasteiger partial charge in [0, 0.05) is 10.8 Å². The van der Waals surface area contributed by atoms with Crippen molar-refractivity contribution in [3.8, 4) is 0 Å². The number of thiocarbonyl (C=S) groups is 1. The molecule has 0 fully saturated rings. The summed E-state index contributed by atoms with van der Waals surface area (Å²) in [6.45, 7) is 4.13. The van der Waals surface area contributed by atoms with Gasteiger partial charge in [0.25, 0.3) is 0 Å². The molecule has 0 aliphatic heterocycles. The molecule has 0 saturated heterocycles. The maximum absolute atomic E-state index is 4.82. The molecule has 1 rings (SSSR count). The van der Waals surface area contributed by atoms with Gasteiger partial charge in [-0.25, -0.2) is 0 Å². The Morgan fingerprint density at radius 1 is 1.18 bits per heavy atom. The lowest BCUT2D eigenvalue weighted by molar-refractivity contribution is 0.744. The first-order valence-corrected chi connectivity index (χ1v) is 4.02. The minimum atomic E-state index is -0.101. The van der Waals surface area contributed by atoms with Crippen LogP contribution >= 0.6 is 12.2 Å². The lowest BCUT2D eigenvalue weighted by Crippen LogP contribution is -2.16. The highest BCUT2D eigenvalue weighted by atomic mass is 32.1. The van der Waals surface area contributed by atoms with Crippen molar-refractivity contribution in [3.05, 3.63) is 35.9 Å². The van der Waals surface area contributed by atoms with Crippen molar-refractivity contribution in [2.75, 3.05) is 0 Å². The zero-order valence-electron chi connectivity index (χ0n) is 6.79. The molecule has 11 heavy (non-hydrogen) atoms. The summed E-state index contributed by atoms with van der Waals surface area (Å²) in [5.41, 5.74) is 1.12. The number of rotatable bonds is 2. The first kappa shape index (κ1) is 8.41. The van der Waals surface area contributed by atoms with Gasteiger partial charge >= 0.3 is 0 Å². The molecule has 0 nitrogen and oxygen atoms in total. The van der Waals surface area contributed by atoms with Gasteiger partial charge in [-0.05, 0) is 5.56 Å². The van der Waals surface area contributed by atoms with Gasteiger partial charge in [-0.1, -0.05) is 56.4 Å². The van der Waals surface area contributed by atoms with E-state index in [1.165, 1.54) is 5.56 Å². The molecule has 1 heteroatoms. The molecule has 0 bridgehead atoms. The topological polar surface area (TPSA) is 0 Å². The van der Waals surface area contributed by atoms with E-state index < -0.39 is 0 Å². The summed E-state index contributed by atoms with van der Waals surface area (Å²) >= 11 is 4.82. The smallest absolute Gasteiger partial charge is 0.0400 e. The monoisotopic (exact) mass is 163 g/mol. The molecule has 0 heterocycles. The molecule has 1 radical (unpaired) electrons. The third kappa shape index (κ3) is 1.87. The minimum absolute atomic E-state index is 0.101. The van der Waals surface area contributed by atoms with E-state index in [2.05, 4.69) is 31.3 Å². The first-order valence-electron chi connectivity index (χ1n) is 3.61. The maximum atomic E-state index is 4.82. The van der Waals surface area contributed by atoms with E-state index in [4.69, 9.17) is 12.2 Å². The van der Waals surface area contributed by atoms with Crippen LogP contribution in [-0.4, -0.2) is 5.37 Å². The van der Waals surface area contributed by atoms with Gasteiger partial charge in [-0.15, -0.1) is 0 Å². The van der Waals surface area contributed by atoms with Crippen LogP contribution in [0.5, 0.6) is 0 Å². The number of hydrogen-bond acceptors (Lipinski definition) is 1.